The summed E-state index contributed by atoms with van der Waals surface area (Å²) in [5.41, 5.74) is 2.64. The van der Waals surface area contributed by atoms with Crippen molar-refractivity contribution < 1.29 is 19.4 Å². The summed E-state index contributed by atoms with van der Waals surface area (Å²) in [6.07, 6.45) is 0. The molecule has 1 heterocycles. The highest BCUT2D eigenvalue weighted by Gasteiger charge is 2.58. The Morgan fingerprint density at radius 2 is 1.56 bits per heavy atom. The van der Waals surface area contributed by atoms with Crippen LogP contribution in [0.3, 0.4) is 0 Å². The summed E-state index contributed by atoms with van der Waals surface area (Å²) in [5.74, 6) is -0.758. The number of aliphatic carboxylic acids is 1. The minimum atomic E-state index is -1.00. The zero-order valence-corrected chi connectivity index (χ0v) is 27.4. The van der Waals surface area contributed by atoms with E-state index in [0.29, 0.717) is 6.54 Å². The summed E-state index contributed by atoms with van der Waals surface area (Å²) in [6.45, 7) is 15.1. The Bertz CT molecular complexity index is 1400. The van der Waals surface area contributed by atoms with Crippen LogP contribution in [0.1, 0.15) is 71.2 Å². The molecule has 5 atom stereocenters. The summed E-state index contributed by atoms with van der Waals surface area (Å²) in [6, 6.07) is 24.1. The summed E-state index contributed by atoms with van der Waals surface area (Å²) < 4.78 is 5.74. The molecule has 2 N–H and O–H groups in total. The molecule has 1 unspecified atom stereocenters. The van der Waals surface area contributed by atoms with E-state index >= 15 is 0 Å². The lowest BCUT2D eigenvalue weighted by molar-refractivity contribution is -0.151. The van der Waals surface area contributed by atoms with Gasteiger partial charge in [-0.25, -0.2) is 4.79 Å². The molecule has 1 saturated heterocycles. The first-order valence-electron chi connectivity index (χ1n) is 15.0. The number of methoxy groups -OCH3 is 1. The number of hydrogen-bond acceptors (Lipinski definition) is 5. The molecular weight excluding hydrogens is 556 g/mol. The second-order valence-electron chi connectivity index (χ2n) is 13.5. The molecule has 0 spiro atoms. The fourth-order valence-electron chi connectivity index (χ4n) is 6.30. The highest BCUT2D eigenvalue weighted by molar-refractivity contribution is 8.00. The molecule has 1 aliphatic rings. The van der Waals surface area contributed by atoms with E-state index in [0.717, 1.165) is 21.8 Å². The number of carboxylic acid groups (broad SMARTS) is 1. The molecule has 3 aromatic rings. The van der Waals surface area contributed by atoms with Crippen LogP contribution < -0.4 is 10.1 Å². The van der Waals surface area contributed by atoms with Gasteiger partial charge in [0.2, 0.25) is 5.91 Å². The number of hydrogen-bond donors (Lipinski definition) is 2. The Morgan fingerprint density at radius 3 is 2.09 bits per heavy atom. The molecule has 0 radical (unpaired) electrons. The summed E-state index contributed by atoms with van der Waals surface area (Å²) >= 11 is 1.46. The molecule has 1 fully saturated rings. The van der Waals surface area contributed by atoms with Gasteiger partial charge in [-0.1, -0.05) is 102 Å². The van der Waals surface area contributed by atoms with Crippen molar-refractivity contribution in [1.29, 1.82) is 0 Å². The highest BCUT2D eigenvalue weighted by atomic mass is 32.2. The fraction of sp³-hybridized carbons (Fsp3) is 0.444. The fourth-order valence-corrected chi connectivity index (χ4v) is 7.25. The van der Waals surface area contributed by atoms with Crippen LogP contribution in [0.5, 0.6) is 5.75 Å². The number of benzene rings is 3. The lowest BCUT2D eigenvalue weighted by atomic mass is 9.72. The number of carbonyl (C=O) groups is 2. The number of carboxylic acids is 1. The summed E-state index contributed by atoms with van der Waals surface area (Å²) in [5, 5.41) is 14.1. The first-order valence-corrected chi connectivity index (χ1v) is 15.8. The van der Waals surface area contributed by atoms with Crippen LogP contribution in [0.2, 0.25) is 0 Å². The number of nitrogens with zero attached hydrogens (tertiary/aromatic N) is 1. The Labute approximate surface area is 261 Å². The predicted molar refractivity (Wildman–Crippen MR) is 174 cm³/mol. The van der Waals surface area contributed by atoms with Gasteiger partial charge >= 0.3 is 5.97 Å². The van der Waals surface area contributed by atoms with Crippen molar-refractivity contribution in [2.45, 2.75) is 88.7 Å². The zero-order chi connectivity index (χ0) is 31.5. The Hall–Kier alpha value is -3.29. The highest BCUT2D eigenvalue weighted by Crippen LogP contribution is 2.49. The van der Waals surface area contributed by atoms with Crippen molar-refractivity contribution in [3.63, 3.8) is 0 Å². The van der Waals surface area contributed by atoms with Crippen LogP contribution in [-0.4, -0.2) is 46.3 Å². The lowest BCUT2D eigenvalue weighted by Gasteiger charge is -2.35. The van der Waals surface area contributed by atoms with Gasteiger partial charge in [-0.15, -0.1) is 11.8 Å². The van der Waals surface area contributed by atoms with Gasteiger partial charge in [-0.05, 0) is 47.1 Å². The molecule has 0 aliphatic carbocycles. The first-order chi connectivity index (χ1) is 20.2. The van der Waals surface area contributed by atoms with Crippen LogP contribution in [-0.2, 0) is 21.5 Å². The topological polar surface area (TPSA) is 78.9 Å². The van der Waals surface area contributed by atoms with Gasteiger partial charge in [-0.3, -0.25) is 4.79 Å². The SMILES string of the molecule is COc1ccc(C(C)(C)C)cc1CN[C@H]1[C@H](C(C)(C)C)[C@@H](C(=O)O)N(C(=O)C(C)Sc2ccccc2)[C@H]1c1ccccc1. The lowest BCUT2D eigenvalue weighted by Crippen LogP contribution is -2.49. The molecule has 0 bridgehead atoms. The first kappa shape index (κ1) is 32.6. The third kappa shape index (κ3) is 7.27. The third-order valence-corrected chi connectivity index (χ3v) is 9.49. The molecule has 230 valence electrons. The van der Waals surface area contributed by atoms with E-state index in [9.17, 15) is 14.7 Å². The monoisotopic (exact) mass is 602 g/mol. The molecule has 1 amide bonds. The van der Waals surface area contributed by atoms with E-state index in [1.165, 1.54) is 17.3 Å². The molecule has 7 heteroatoms. The molecular formula is C36H46N2O4S. The molecule has 6 nitrogen and oxygen atoms in total. The smallest absolute Gasteiger partial charge is 0.326 e. The summed E-state index contributed by atoms with van der Waals surface area (Å²) in [7, 11) is 1.67. The zero-order valence-electron chi connectivity index (χ0n) is 26.6. The van der Waals surface area contributed by atoms with Gasteiger partial charge < -0.3 is 20.1 Å². The van der Waals surface area contributed by atoms with Gasteiger partial charge in [-0.2, -0.15) is 0 Å². The number of nitrogens with one attached hydrogen (secondary N) is 1. The molecule has 43 heavy (non-hydrogen) atoms. The Morgan fingerprint density at radius 1 is 0.953 bits per heavy atom. The molecule has 4 rings (SSSR count). The van der Waals surface area contributed by atoms with Crippen molar-refractivity contribution >= 4 is 23.6 Å². The summed E-state index contributed by atoms with van der Waals surface area (Å²) in [4.78, 5) is 30.2. The third-order valence-electron chi connectivity index (χ3n) is 8.39. The largest absolute Gasteiger partial charge is 0.496 e. The number of thioether (sulfide) groups is 1. The maximum atomic E-state index is 14.4. The molecule has 0 saturated carbocycles. The van der Waals surface area contributed by atoms with Crippen molar-refractivity contribution in [2.75, 3.05) is 7.11 Å². The Kier molecular flexibility index (Phi) is 9.97. The predicted octanol–water partition coefficient (Wildman–Crippen LogP) is 7.33. The minimum absolute atomic E-state index is 0.0426. The second kappa shape index (κ2) is 13.1. The van der Waals surface area contributed by atoms with Crippen LogP contribution in [0.4, 0.5) is 0 Å². The van der Waals surface area contributed by atoms with E-state index in [2.05, 4.69) is 59.0 Å². The number of carbonyl (C=O) groups excluding carboxylic acids is 1. The van der Waals surface area contributed by atoms with E-state index < -0.39 is 28.7 Å². The number of rotatable bonds is 9. The molecule has 0 aromatic heterocycles. The average molecular weight is 603 g/mol. The maximum Gasteiger partial charge on any atom is 0.326 e. The van der Waals surface area contributed by atoms with Crippen molar-refractivity contribution in [3.05, 3.63) is 95.6 Å². The van der Waals surface area contributed by atoms with Crippen LogP contribution in [0.15, 0.2) is 83.8 Å². The number of likely N-dealkylation sites (tertiary alicyclic amines) is 1. The second-order valence-corrected chi connectivity index (χ2v) is 14.9. The normalized spacial score (nSPS) is 21.4. The van der Waals surface area contributed by atoms with Gasteiger partial charge in [0, 0.05) is 29.0 Å². The van der Waals surface area contributed by atoms with E-state index in [1.807, 2.05) is 73.7 Å². The van der Waals surface area contributed by atoms with Gasteiger partial charge in [0.1, 0.15) is 11.8 Å². The van der Waals surface area contributed by atoms with Crippen molar-refractivity contribution in [3.8, 4) is 5.75 Å². The molecule has 1 aliphatic heterocycles. The standard InChI is InChI=1S/C36H46N2O4S/c1-23(43-27-17-13-10-14-18-27)33(39)38-31(24-15-11-9-12-16-24)30(29(36(5,6)7)32(38)34(40)41)37-22-25-21-26(35(2,3)4)19-20-28(25)42-8/h9-21,23,29-32,37H,22H2,1-8H3,(H,40,41)/t23?,29-,30-,31-,32-/m0/s1. The van der Waals surface area contributed by atoms with Gasteiger partial charge in [0.25, 0.3) is 0 Å². The van der Waals surface area contributed by atoms with Crippen molar-refractivity contribution in [1.82, 2.24) is 10.2 Å². The van der Waals surface area contributed by atoms with Gasteiger partial charge in [0.15, 0.2) is 0 Å². The quantitative estimate of drug-likeness (QED) is 0.250. The van der Waals surface area contributed by atoms with E-state index in [-0.39, 0.29) is 23.3 Å². The van der Waals surface area contributed by atoms with E-state index in [1.54, 1.807) is 12.0 Å². The minimum Gasteiger partial charge on any atom is -0.496 e. The van der Waals surface area contributed by atoms with Crippen LogP contribution in [0, 0.1) is 11.3 Å². The maximum absolute atomic E-state index is 14.4. The van der Waals surface area contributed by atoms with Crippen molar-refractivity contribution in [2.24, 2.45) is 11.3 Å². The molecule has 3 aromatic carbocycles. The average Bonchev–Trinajstić information content (AvgIpc) is 3.32. The number of amides is 1. The van der Waals surface area contributed by atoms with Crippen LogP contribution >= 0.6 is 11.8 Å². The number of ether oxygens (including phenoxy) is 1. The van der Waals surface area contributed by atoms with Gasteiger partial charge in [0.05, 0.1) is 18.4 Å². The van der Waals surface area contributed by atoms with Crippen LogP contribution in [0.25, 0.3) is 0 Å². The Balaban J connectivity index is 1.80. The van der Waals surface area contributed by atoms with E-state index in [4.69, 9.17) is 4.74 Å².